The number of hydrogen-bond donors (Lipinski definition) is 1. The van der Waals surface area contributed by atoms with Gasteiger partial charge in [-0.15, -0.1) is 11.3 Å². The molecule has 2 aromatic carbocycles. The van der Waals surface area contributed by atoms with Crippen molar-refractivity contribution in [2.45, 2.75) is 20.5 Å². The largest absolute Gasteiger partial charge is 0.491 e. The van der Waals surface area contributed by atoms with E-state index in [9.17, 15) is 9.18 Å². The first-order valence-electron chi connectivity index (χ1n) is 8.73. The fraction of sp³-hybridized carbons (Fsp3) is 0.286. The van der Waals surface area contributed by atoms with Crippen LogP contribution in [0.3, 0.4) is 0 Å². The molecule has 0 unspecified atom stereocenters. The van der Waals surface area contributed by atoms with Gasteiger partial charge in [0.05, 0.1) is 23.8 Å². The maximum absolute atomic E-state index is 14.3. The lowest BCUT2D eigenvalue weighted by Crippen LogP contribution is -2.14. The van der Waals surface area contributed by atoms with Gasteiger partial charge in [0.25, 0.3) is 5.91 Å². The zero-order valence-electron chi connectivity index (χ0n) is 15.5. The van der Waals surface area contributed by atoms with Gasteiger partial charge in [0.1, 0.15) is 11.6 Å². The molecule has 0 saturated heterocycles. The van der Waals surface area contributed by atoms with Crippen LogP contribution in [0.5, 0.6) is 5.75 Å². The SMILES string of the molecule is COCc1c(C(=O)Nc2ccccc2OCC(C)C)sc2cccc(F)c12. The summed E-state index contributed by atoms with van der Waals surface area (Å²) in [5.74, 6) is 0.325. The van der Waals surface area contributed by atoms with Crippen LogP contribution in [0.15, 0.2) is 42.5 Å². The fourth-order valence-corrected chi connectivity index (χ4v) is 3.88. The lowest BCUT2D eigenvalue weighted by molar-refractivity contribution is 0.102. The van der Waals surface area contributed by atoms with Crippen LogP contribution in [0.4, 0.5) is 10.1 Å². The molecule has 1 aromatic heterocycles. The molecule has 0 bridgehead atoms. The Labute approximate surface area is 161 Å². The molecular formula is C21H22FNO3S. The molecule has 0 saturated carbocycles. The Morgan fingerprint density at radius 3 is 2.70 bits per heavy atom. The van der Waals surface area contributed by atoms with Gasteiger partial charge < -0.3 is 14.8 Å². The molecule has 142 valence electrons. The predicted octanol–water partition coefficient (Wildman–Crippen LogP) is 5.47. The number of carbonyl (C=O) groups is 1. The van der Waals surface area contributed by atoms with Gasteiger partial charge in [0.2, 0.25) is 0 Å². The van der Waals surface area contributed by atoms with E-state index in [1.807, 2.05) is 18.2 Å². The lowest BCUT2D eigenvalue weighted by Gasteiger charge is -2.14. The van der Waals surface area contributed by atoms with Crippen LogP contribution in [0, 0.1) is 11.7 Å². The molecule has 27 heavy (non-hydrogen) atoms. The maximum atomic E-state index is 14.3. The van der Waals surface area contributed by atoms with E-state index >= 15 is 0 Å². The van der Waals surface area contributed by atoms with Crippen molar-refractivity contribution >= 4 is 33.0 Å². The molecule has 4 nitrogen and oxygen atoms in total. The van der Waals surface area contributed by atoms with E-state index in [4.69, 9.17) is 9.47 Å². The number of rotatable bonds is 7. The van der Waals surface area contributed by atoms with Crippen LogP contribution in [0.2, 0.25) is 0 Å². The molecule has 3 aromatic rings. The minimum absolute atomic E-state index is 0.162. The van der Waals surface area contributed by atoms with E-state index in [2.05, 4.69) is 19.2 Å². The Kier molecular flexibility index (Phi) is 6.08. The highest BCUT2D eigenvalue weighted by Crippen LogP contribution is 2.35. The van der Waals surface area contributed by atoms with Gasteiger partial charge in [-0.05, 0) is 30.2 Å². The first kappa shape index (κ1) is 19.3. The number of thiophene rings is 1. The number of fused-ring (bicyclic) bond motifs is 1. The Hall–Kier alpha value is -2.44. The van der Waals surface area contributed by atoms with E-state index in [1.165, 1.54) is 24.5 Å². The smallest absolute Gasteiger partial charge is 0.266 e. The molecular weight excluding hydrogens is 365 g/mol. The first-order valence-corrected chi connectivity index (χ1v) is 9.55. The van der Waals surface area contributed by atoms with Crippen molar-refractivity contribution in [1.29, 1.82) is 0 Å². The average Bonchev–Trinajstić information content (AvgIpc) is 3.01. The molecule has 1 amide bonds. The highest BCUT2D eigenvalue weighted by molar-refractivity contribution is 7.21. The van der Waals surface area contributed by atoms with Crippen LogP contribution in [0.1, 0.15) is 29.1 Å². The zero-order chi connectivity index (χ0) is 19.4. The molecule has 0 radical (unpaired) electrons. The summed E-state index contributed by atoms with van der Waals surface area (Å²) < 4.78 is 26.0. The quantitative estimate of drug-likeness (QED) is 0.584. The van der Waals surface area contributed by atoms with Gasteiger partial charge >= 0.3 is 0 Å². The number of hydrogen-bond acceptors (Lipinski definition) is 4. The van der Waals surface area contributed by atoms with E-state index in [1.54, 1.807) is 18.2 Å². The topological polar surface area (TPSA) is 47.6 Å². The fourth-order valence-electron chi connectivity index (χ4n) is 2.76. The van der Waals surface area contributed by atoms with Crippen molar-refractivity contribution in [2.75, 3.05) is 19.0 Å². The second-order valence-corrected chi connectivity index (χ2v) is 7.66. The Balaban J connectivity index is 1.93. The van der Waals surface area contributed by atoms with Crippen LogP contribution < -0.4 is 10.1 Å². The number of amides is 1. The summed E-state index contributed by atoms with van der Waals surface area (Å²) in [6.07, 6.45) is 0. The van der Waals surface area contributed by atoms with Crippen LogP contribution in [-0.4, -0.2) is 19.6 Å². The molecule has 0 aliphatic heterocycles. The Bertz CT molecular complexity index is 952. The summed E-state index contributed by atoms with van der Waals surface area (Å²) in [7, 11) is 1.53. The van der Waals surface area contributed by atoms with Gasteiger partial charge in [-0.25, -0.2) is 4.39 Å². The number of nitrogens with one attached hydrogen (secondary N) is 1. The summed E-state index contributed by atoms with van der Waals surface area (Å²) in [6.45, 7) is 4.83. The van der Waals surface area contributed by atoms with E-state index in [0.29, 0.717) is 39.8 Å². The number of anilines is 1. The van der Waals surface area contributed by atoms with Gasteiger partial charge in [-0.2, -0.15) is 0 Å². The summed E-state index contributed by atoms with van der Waals surface area (Å²) in [5, 5.41) is 3.34. The lowest BCUT2D eigenvalue weighted by atomic mass is 10.1. The van der Waals surface area contributed by atoms with Crippen LogP contribution in [-0.2, 0) is 11.3 Å². The third-order valence-corrected chi connectivity index (χ3v) is 5.16. The molecule has 3 rings (SSSR count). The third kappa shape index (κ3) is 4.28. The van der Waals surface area contributed by atoms with Crippen molar-refractivity contribution in [1.82, 2.24) is 0 Å². The van der Waals surface area contributed by atoms with E-state index in [-0.39, 0.29) is 18.3 Å². The average molecular weight is 387 g/mol. The maximum Gasteiger partial charge on any atom is 0.266 e. The third-order valence-electron chi connectivity index (χ3n) is 3.97. The van der Waals surface area contributed by atoms with Crippen molar-refractivity contribution in [2.24, 2.45) is 5.92 Å². The van der Waals surface area contributed by atoms with E-state index in [0.717, 1.165) is 4.70 Å². The van der Waals surface area contributed by atoms with Gasteiger partial charge in [-0.3, -0.25) is 4.79 Å². The summed E-state index contributed by atoms with van der Waals surface area (Å²) in [5.41, 5.74) is 1.15. The van der Waals surface area contributed by atoms with Gasteiger partial charge in [-0.1, -0.05) is 32.0 Å². The van der Waals surface area contributed by atoms with Gasteiger partial charge in [0.15, 0.2) is 0 Å². The van der Waals surface area contributed by atoms with E-state index < -0.39 is 0 Å². The normalized spacial score (nSPS) is 11.1. The molecule has 0 aliphatic rings. The van der Waals surface area contributed by atoms with Crippen LogP contribution >= 0.6 is 11.3 Å². The monoisotopic (exact) mass is 387 g/mol. The number of ether oxygens (including phenoxy) is 2. The second-order valence-electron chi connectivity index (χ2n) is 6.61. The van der Waals surface area contributed by atoms with Gasteiger partial charge in [0, 0.05) is 22.8 Å². The molecule has 0 fully saturated rings. The Morgan fingerprint density at radius 2 is 1.96 bits per heavy atom. The highest BCUT2D eigenvalue weighted by Gasteiger charge is 2.21. The molecule has 0 spiro atoms. The minimum Gasteiger partial charge on any atom is -0.491 e. The summed E-state index contributed by atoms with van der Waals surface area (Å²) >= 11 is 1.26. The number of benzene rings is 2. The number of para-hydroxylation sites is 2. The second kappa shape index (κ2) is 8.50. The number of methoxy groups -OCH3 is 1. The molecule has 0 atom stereocenters. The standard InChI is InChI=1S/C21H22FNO3S/c1-13(2)11-26-17-9-5-4-8-16(17)23-21(24)20-14(12-25-3)19-15(22)7-6-10-18(19)27-20/h4-10,13H,11-12H2,1-3H3,(H,23,24). The van der Waals surface area contributed by atoms with Crippen molar-refractivity contribution in [3.8, 4) is 5.75 Å². The van der Waals surface area contributed by atoms with Crippen molar-refractivity contribution in [3.05, 3.63) is 58.7 Å². The molecule has 6 heteroatoms. The molecule has 1 N–H and O–H groups in total. The summed E-state index contributed by atoms with van der Waals surface area (Å²) in [4.78, 5) is 13.4. The summed E-state index contributed by atoms with van der Waals surface area (Å²) in [6, 6.07) is 12.1. The van der Waals surface area contributed by atoms with Crippen molar-refractivity contribution in [3.63, 3.8) is 0 Å². The molecule has 1 heterocycles. The number of carbonyl (C=O) groups excluding carboxylic acids is 1. The highest BCUT2D eigenvalue weighted by atomic mass is 32.1. The minimum atomic E-state index is -0.351. The zero-order valence-corrected chi connectivity index (χ0v) is 16.4. The van der Waals surface area contributed by atoms with Crippen LogP contribution in [0.25, 0.3) is 10.1 Å². The molecule has 0 aliphatic carbocycles. The Morgan fingerprint density at radius 1 is 1.19 bits per heavy atom. The predicted molar refractivity (Wildman–Crippen MR) is 107 cm³/mol. The first-order chi connectivity index (χ1) is 13.0. The van der Waals surface area contributed by atoms with Crippen molar-refractivity contribution < 1.29 is 18.7 Å². The number of halogens is 1.